The second-order valence-corrected chi connectivity index (χ2v) is 7.71. The molecule has 4 rings (SSSR count). The number of amides is 2. The van der Waals surface area contributed by atoms with Crippen LogP contribution in [0, 0.1) is 5.92 Å². The van der Waals surface area contributed by atoms with Crippen LogP contribution in [0.25, 0.3) is 0 Å². The van der Waals surface area contributed by atoms with E-state index in [0.717, 1.165) is 25.7 Å². The molecular formula is C21H20ClN3O3. The van der Waals surface area contributed by atoms with E-state index in [1.165, 1.54) is 11.0 Å². The summed E-state index contributed by atoms with van der Waals surface area (Å²) in [5.41, 5.74) is 0.693. The molecule has 1 aliphatic heterocycles. The Morgan fingerprint density at radius 2 is 2.00 bits per heavy atom. The molecule has 1 aliphatic carbocycles. The smallest absolute Gasteiger partial charge is 0.300 e. The standard InChI is InChI=1S/C21H20ClN3O3/c22-14-8-9-16-15(12-14)19(26)21(28)25(16)17(11-13-5-1-2-6-13)20(27)24-18-7-3-4-10-23-18/h3-4,7-10,12-13,17H,1-2,5-6,11H2,(H,23,24,27). The summed E-state index contributed by atoms with van der Waals surface area (Å²) in [6, 6.07) is 9.20. The number of halogens is 1. The molecule has 1 fully saturated rings. The summed E-state index contributed by atoms with van der Waals surface area (Å²) in [4.78, 5) is 43.9. The Kier molecular flexibility index (Phi) is 5.13. The van der Waals surface area contributed by atoms with Gasteiger partial charge in [0.25, 0.3) is 11.7 Å². The fourth-order valence-electron chi connectivity index (χ4n) is 4.08. The van der Waals surface area contributed by atoms with Gasteiger partial charge in [0.1, 0.15) is 11.9 Å². The summed E-state index contributed by atoms with van der Waals surface area (Å²) in [5, 5.41) is 3.17. The lowest BCUT2D eigenvalue weighted by Crippen LogP contribution is -2.48. The van der Waals surface area contributed by atoms with Crippen LogP contribution in [0.1, 0.15) is 42.5 Å². The molecule has 1 saturated carbocycles. The van der Waals surface area contributed by atoms with E-state index in [4.69, 9.17) is 11.6 Å². The second kappa shape index (κ2) is 7.72. The lowest BCUT2D eigenvalue weighted by molar-refractivity contribution is -0.121. The number of nitrogens with one attached hydrogen (secondary N) is 1. The Balaban J connectivity index is 1.68. The zero-order valence-electron chi connectivity index (χ0n) is 15.2. The normalized spacial score (nSPS) is 17.7. The average molecular weight is 398 g/mol. The van der Waals surface area contributed by atoms with E-state index in [1.54, 1.807) is 36.5 Å². The van der Waals surface area contributed by atoms with Crippen LogP contribution < -0.4 is 10.2 Å². The van der Waals surface area contributed by atoms with Crippen molar-refractivity contribution in [2.24, 2.45) is 5.92 Å². The van der Waals surface area contributed by atoms with E-state index in [2.05, 4.69) is 10.3 Å². The molecule has 1 aromatic carbocycles. The van der Waals surface area contributed by atoms with E-state index < -0.39 is 17.7 Å². The van der Waals surface area contributed by atoms with Gasteiger partial charge < -0.3 is 5.32 Å². The molecule has 7 heteroatoms. The average Bonchev–Trinajstić information content (AvgIpc) is 3.29. The number of benzene rings is 1. The first-order chi connectivity index (χ1) is 13.5. The van der Waals surface area contributed by atoms with Crippen LogP contribution in [0.15, 0.2) is 42.6 Å². The number of fused-ring (bicyclic) bond motifs is 1. The van der Waals surface area contributed by atoms with Crippen molar-refractivity contribution in [1.82, 2.24) is 4.98 Å². The number of aromatic nitrogens is 1. The van der Waals surface area contributed by atoms with Crippen molar-refractivity contribution >= 4 is 40.7 Å². The van der Waals surface area contributed by atoms with Gasteiger partial charge in [-0.1, -0.05) is 43.4 Å². The summed E-state index contributed by atoms with van der Waals surface area (Å²) in [7, 11) is 0. The number of ketones is 1. The molecule has 2 aliphatic rings. The van der Waals surface area contributed by atoms with Gasteiger partial charge in [0.15, 0.2) is 0 Å². The number of hydrogen-bond acceptors (Lipinski definition) is 4. The van der Waals surface area contributed by atoms with Crippen molar-refractivity contribution in [2.75, 3.05) is 10.2 Å². The van der Waals surface area contributed by atoms with Crippen molar-refractivity contribution in [2.45, 2.75) is 38.1 Å². The monoisotopic (exact) mass is 397 g/mol. The van der Waals surface area contributed by atoms with Crippen molar-refractivity contribution in [1.29, 1.82) is 0 Å². The van der Waals surface area contributed by atoms with E-state index in [-0.39, 0.29) is 11.5 Å². The molecule has 1 N–H and O–H groups in total. The largest absolute Gasteiger partial charge is 0.309 e. The minimum Gasteiger partial charge on any atom is -0.309 e. The fourth-order valence-corrected chi connectivity index (χ4v) is 4.25. The SMILES string of the molecule is O=C1C(=O)N(C(CC2CCCC2)C(=O)Nc2ccccn2)c2ccc(Cl)cc21. The topological polar surface area (TPSA) is 79.4 Å². The van der Waals surface area contributed by atoms with Crippen LogP contribution >= 0.6 is 11.6 Å². The number of carbonyl (C=O) groups excluding carboxylic acids is 3. The Bertz CT molecular complexity index is 926. The lowest BCUT2D eigenvalue weighted by atomic mass is 9.96. The van der Waals surface area contributed by atoms with Crippen molar-refractivity contribution in [3.63, 3.8) is 0 Å². The first kappa shape index (κ1) is 18.6. The van der Waals surface area contributed by atoms with Crippen LogP contribution in [0.3, 0.4) is 0 Å². The molecule has 0 radical (unpaired) electrons. The summed E-state index contributed by atoms with van der Waals surface area (Å²) >= 11 is 6.00. The van der Waals surface area contributed by atoms with Gasteiger partial charge in [-0.05, 0) is 42.7 Å². The zero-order chi connectivity index (χ0) is 19.7. The molecule has 144 valence electrons. The van der Waals surface area contributed by atoms with Gasteiger partial charge in [-0.15, -0.1) is 0 Å². The molecule has 2 amide bonds. The van der Waals surface area contributed by atoms with Crippen LogP contribution in [0.5, 0.6) is 0 Å². The molecule has 2 heterocycles. The van der Waals surface area contributed by atoms with Gasteiger partial charge in [-0.2, -0.15) is 0 Å². The maximum Gasteiger partial charge on any atom is 0.300 e. The third kappa shape index (κ3) is 3.52. The molecule has 0 spiro atoms. The second-order valence-electron chi connectivity index (χ2n) is 7.27. The fraction of sp³-hybridized carbons (Fsp3) is 0.333. The predicted octanol–water partition coefficient (Wildman–Crippen LogP) is 3.85. The number of hydrogen-bond donors (Lipinski definition) is 1. The van der Waals surface area contributed by atoms with Crippen LogP contribution in [0.2, 0.25) is 5.02 Å². The first-order valence-electron chi connectivity index (χ1n) is 9.44. The first-order valence-corrected chi connectivity index (χ1v) is 9.81. The number of rotatable bonds is 5. The molecule has 0 saturated heterocycles. The number of anilines is 2. The maximum absolute atomic E-state index is 13.1. The molecule has 1 unspecified atom stereocenters. The Labute approximate surface area is 167 Å². The highest BCUT2D eigenvalue weighted by atomic mass is 35.5. The zero-order valence-corrected chi connectivity index (χ0v) is 16.0. The van der Waals surface area contributed by atoms with Gasteiger partial charge >= 0.3 is 0 Å². The van der Waals surface area contributed by atoms with Crippen molar-refractivity contribution in [3.8, 4) is 0 Å². The molecule has 1 atom stereocenters. The van der Waals surface area contributed by atoms with Gasteiger partial charge in [-0.3, -0.25) is 19.3 Å². The molecule has 6 nitrogen and oxygen atoms in total. The van der Waals surface area contributed by atoms with Crippen molar-refractivity contribution < 1.29 is 14.4 Å². The number of pyridine rings is 1. The minimum absolute atomic E-state index is 0.250. The third-order valence-corrected chi connectivity index (χ3v) is 5.67. The van der Waals surface area contributed by atoms with E-state index in [9.17, 15) is 14.4 Å². The summed E-state index contributed by atoms with van der Waals surface area (Å²) in [6.45, 7) is 0. The van der Waals surface area contributed by atoms with E-state index in [1.807, 2.05) is 0 Å². The quantitative estimate of drug-likeness (QED) is 0.777. The molecular weight excluding hydrogens is 378 g/mol. The summed E-state index contributed by atoms with van der Waals surface area (Å²) in [5.74, 6) is -0.887. The highest BCUT2D eigenvalue weighted by Gasteiger charge is 2.43. The Morgan fingerprint density at radius 1 is 1.21 bits per heavy atom. The Hall–Kier alpha value is -2.73. The number of carbonyl (C=O) groups is 3. The summed E-state index contributed by atoms with van der Waals surface area (Å²) in [6.07, 6.45) is 6.40. The van der Waals surface area contributed by atoms with Crippen LogP contribution in [-0.4, -0.2) is 28.6 Å². The molecule has 28 heavy (non-hydrogen) atoms. The summed E-state index contributed by atoms with van der Waals surface area (Å²) < 4.78 is 0. The van der Waals surface area contributed by atoms with Crippen LogP contribution in [0.4, 0.5) is 11.5 Å². The maximum atomic E-state index is 13.1. The van der Waals surface area contributed by atoms with Gasteiger partial charge in [0, 0.05) is 11.2 Å². The lowest BCUT2D eigenvalue weighted by Gasteiger charge is -2.29. The highest BCUT2D eigenvalue weighted by molar-refractivity contribution is 6.53. The molecule has 1 aromatic heterocycles. The van der Waals surface area contributed by atoms with Crippen molar-refractivity contribution in [3.05, 3.63) is 53.2 Å². The van der Waals surface area contributed by atoms with Gasteiger partial charge in [0.05, 0.1) is 11.3 Å². The van der Waals surface area contributed by atoms with Crippen LogP contribution in [-0.2, 0) is 9.59 Å². The van der Waals surface area contributed by atoms with E-state index >= 15 is 0 Å². The number of nitrogens with zero attached hydrogens (tertiary/aromatic N) is 2. The van der Waals surface area contributed by atoms with E-state index in [0.29, 0.717) is 28.9 Å². The molecule has 0 bridgehead atoms. The number of Topliss-reactive ketones (excluding diaryl/α,β-unsaturated/α-hetero) is 1. The minimum atomic E-state index is -0.774. The predicted molar refractivity (Wildman–Crippen MR) is 106 cm³/mol. The van der Waals surface area contributed by atoms with Gasteiger partial charge in [0.2, 0.25) is 5.91 Å². The van der Waals surface area contributed by atoms with Gasteiger partial charge in [-0.25, -0.2) is 4.98 Å². The molecule has 2 aromatic rings. The highest BCUT2D eigenvalue weighted by Crippen LogP contribution is 2.37. The third-order valence-electron chi connectivity index (χ3n) is 5.44. The Morgan fingerprint density at radius 3 is 2.71 bits per heavy atom.